The summed E-state index contributed by atoms with van der Waals surface area (Å²) in [5.41, 5.74) is 7.77. The molecule has 0 spiro atoms. The maximum Gasteiger partial charge on any atom is 0.319 e. The number of rotatable bonds is 6. The van der Waals surface area contributed by atoms with Gasteiger partial charge in [0.1, 0.15) is 9.21 Å². The van der Waals surface area contributed by atoms with Crippen LogP contribution in [0.2, 0.25) is 0 Å². The molecule has 8 nitrogen and oxygen atoms in total. The molecule has 0 radical (unpaired) electrons. The highest BCUT2D eigenvalue weighted by Crippen LogP contribution is 2.42. The maximum absolute atomic E-state index is 12.8. The van der Waals surface area contributed by atoms with Crippen LogP contribution in [-0.4, -0.2) is 27.4 Å². The van der Waals surface area contributed by atoms with Crippen molar-refractivity contribution >= 4 is 65.4 Å². The number of hydrogen-bond acceptors (Lipinski definition) is 6. The van der Waals surface area contributed by atoms with Crippen LogP contribution >= 0.6 is 22.7 Å². The van der Waals surface area contributed by atoms with Crippen molar-refractivity contribution in [2.24, 2.45) is 5.73 Å². The van der Waals surface area contributed by atoms with Crippen molar-refractivity contribution in [3.63, 3.8) is 0 Å². The van der Waals surface area contributed by atoms with Crippen LogP contribution in [0.5, 0.6) is 0 Å². The van der Waals surface area contributed by atoms with E-state index in [2.05, 4.69) is 15.4 Å². The second kappa shape index (κ2) is 8.25. The SMILES string of the molecule is CNC(=O)Nc1sc2c(C(C)C)cc(NS(=O)(=O)c3cc(C)cs3)cc2c1C(N)=O. The van der Waals surface area contributed by atoms with Crippen molar-refractivity contribution in [3.05, 3.63) is 40.3 Å². The summed E-state index contributed by atoms with van der Waals surface area (Å²) < 4.78 is 29.1. The van der Waals surface area contributed by atoms with Gasteiger partial charge in [-0.1, -0.05) is 13.8 Å². The van der Waals surface area contributed by atoms with Gasteiger partial charge in [-0.05, 0) is 47.5 Å². The zero-order chi connectivity index (χ0) is 22.2. The number of urea groups is 1. The third-order valence-electron chi connectivity index (χ3n) is 4.36. The molecule has 3 aromatic rings. The number of benzene rings is 1. The maximum atomic E-state index is 12.8. The first-order chi connectivity index (χ1) is 14.0. The molecule has 0 saturated heterocycles. The number of anilines is 2. The molecule has 3 amide bonds. The van der Waals surface area contributed by atoms with E-state index in [0.29, 0.717) is 16.1 Å². The van der Waals surface area contributed by atoms with Crippen molar-refractivity contribution in [2.75, 3.05) is 17.1 Å². The van der Waals surface area contributed by atoms with Crippen LogP contribution in [0.4, 0.5) is 15.5 Å². The van der Waals surface area contributed by atoms with Gasteiger partial charge in [0.15, 0.2) is 0 Å². The zero-order valence-corrected chi connectivity index (χ0v) is 19.3. The molecule has 0 unspecified atom stereocenters. The predicted octanol–water partition coefficient (Wildman–Crippen LogP) is 4.05. The molecule has 0 aliphatic rings. The lowest BCUT2D eigenvalue weighted by Gasteiger charge is -2.12. The second-order valence-corrected chi connectivity index (χ2v) is 10.9. The first-order valence-electron chi connectivity index (χ1n) is 9.00. The minimum atomic E-state index is -3.78. The average Bonchev–Trinajstić information content (AvgIpc) is 3.24. The summed E-state index contributed by atoms with van der Waals surface area (Å²) in [6.07, 6.45) is 0. The van der Waals surface area contributed by atoms with E-state index in [1.807, 2.05) is 20.8 Å². The van der Waals surface area contributed by atoms with Crippen LogP contribution in [0.1, 0.15) is 41.3 Å². The Morgan fingerprint density at radius 2 is 1.87 bits per heavy atom. The molecular formula is C19H22N4O4S3. The number of nitrogens with two attached hydrogens (primary N) is 1. The minimum absolute atomic E-state index is 0.0353. The number of fused-ring (bicyclic) bond motifs is 1. The van der Waals surface area contributed by atoms with Gasteiger partial charge in [0, 0.05) is 22.8 Å². The normalized spacial score (nSPS) is 11.6. The lowest BCUT2D eigenvalue weighted by atomic mass is 9.99. The van der Waals surface area contributed by atoms with E-state index < -0.39 is 22.0 Å². The van der Waals surface area contributed by atoms with Gasteiger partial charge in [-0.15, -0.1) is 22.7 Å². The van der Waals surface area contributed by atoms with Crippen LogP contribution < -0.4 is 21.1 Å². The third kappa shape index (κ3) is 4.27. The van der Waals surface area contributed by atoms with Crippen molar-refractivity contribution in [1.29, 1.82) is 0 Å². The molecule has 2 heterocycles. The number of amides is 3. The van der Waals surface area contributed by atoms with Crippen LogP contribution in [-0.2, 0) is 10.0 Å². The molecule has 2 aromatic heterocycles. The number of hydrogen-bond donors (Lipinski definition) is 4. The Morgan fingerprint density at radius 1 is 1.17 bits per heavy atom. The van der Waals surface area contributed by atoms with E-state index >= 15 is 0 Å². The third-order valence-corrected chi connectivity index (χ3v) is 8.47. The summed E-state index contributed by atoms with van der Waals surface area (Å²) in [4.78, 5) is 24.0. The fourth-order valence-electron chi connectivity index (χ4n) is 2.96. The Hall–Kier alpha value is -2.63. The molecule has 30 heavy (non-hydrogen) atoms. The molecule has 0 atom stereocenters. The van der Waals surface area contributed by atoms with Gasteiger partial charge in [0.2, 0.25) is 0 Å². The lowest BCUT2D eigenvalue weighted by Crippen LogP contribution is -2.25. The van der Waals surface area contributed by atoms with Crippen LogP contribution in [0.25, 0.3) is 10.1 Å². The smallest absolute Gasteiger partial charge is 0.319 e. The van der Waals surface area contributed by atoms with Crippen LogP contribution in [0, 0.1) is 6.92 Å². The predicted molar refractivity (Wildman–Crippen MR) is 122 cm³/mol. The summed E-state index contributed by atoms with van der Waals surface area (Å²) in [7, 11) is -2.31. The summed E-state index contributed by atoms with van der Waals surface area (Å²) in [6.45, 7) is 5.75. The number of nitrogens with one attached hydrogen (secondary N) is 3. The first-order valence-corrected chi connectivity index (χ1v) is 12.2. The van der Waals surface area contributed by atoms with Gasteiger partial charge in [0.05, 0.1) is 5.56 Å². The second-order valence-electron chi connectivity index (χ2n) is 7.02. The number of aryl methyl sites for hydroxylation is 1. The number of thiophene rings is 2. The molecule has 5 N–H and O–H groups in total. The summed E-state index contributed by atoms with van der Waals surface area (Å²) in [5.74, 6) is -0.676. The molecule has 0 fully saturated rings. The monoisotopic (exact) mass is 466 g/mol. The fourth-order valence-corrected chi connectivity index (χ4v) is 6.58. The zero-order valence-electron chi connectivity index (χ0n) is 16.8. The Bertz CT molecular complexity index is 1240. The van der Waals surface area contributed by atoms with Gasteiger partial charge in [-0.25, -0.2) is 13.2 Å². The number of carbonyl (C=O) groups excluding carboxylic acids is 2. The quantitative estimate of drug-likeness (QED) is 0.436. The van der Waals surface area contributed by atoms with E-state index in [9.17, 15) is 18.0 Å². The van der Waals surface area contributed by atoms with E-state index in [4.69, 9.17) is 5.73 Å². The molecule has 3 rings (SSSR count). The Labute approximate surface area is 182 Å². The van der Waals surface area contributed by atoms with Crippen molar-refractivity contribution < 1.29 is 18.0 Å². The fraction of sp³-hybridized carbons (Fsp3) is 0.263. The molecule has 160 valence electrons. The Morgan fingerprint density at radius 3 is 2.40 bits per heavy atom. The van der Waals surface area contributed by atoms with Crippen molar-refractivity contribution in [1.82, 2.24) is 5.32 Å². The number of primary amides is 1. The largest absolute Gasteiger partial charge is 0.365 e. The van der Waals surface area contributed by atoms with Gasteiger partial charge >= 0.3 is 6.03 Å². The minimum Gasteiger partial charge on any atom is -0.365 e. The molecule has 0 aliphatic heterocycles. The van der Waals surface area contributed by atoms with Crippen LogP contribution in [0.3, 0.4) is 0 Å². The van der Waals surface area contributed by atoms with Gasteiger partial charge < -0.3 is 11.1 Å². The summed E-state index contributed by atoms with van der Waals surface area (Å²) in [5, 5.41) is 7.63. The Kier molecular flexibility index (Phi) is 6.06. The molecule has 0 aliphatic carbocycles. The standard InChI is InChI=1S/C19H22N4O4S3/c1-9(2)12-6-11(23-30(26,27)14-5-10(3)8-28-14)7-13-15(17(20)24)18(29-16(12)13)22-19(25)21-4/h5-9,23H,1-4H3,(H2,20,24)(H2,21,22,25). The van der Waals surface area contributed by atoms with Gasteiger partial charge in [-0.2, -0.15) is 0 Å². The molecule has 0 bridgehead atoms. The topological polar surface area (TPSA) is 130 Å². The van der Waals surface area contributed by atoms with Crippen molar-refractivity contribution in [2.45, 2.75) is 30.9 Å². The lowest BCUT2D eigenvalue weighted by molar-refractivity contribution is 0.100. The van der Waals surface area contributed by atoms with Gasteiger partial charge in [0.25, 0.3) is 15.9 Å². The first kappa shape index (κ1) is 22.1. The highest BCUT2D eigenvalue weighted by molar-refractivity contribution is 7.94. The number of sulfonamides is 1. The number of carbonyl (C=O) groups is 2. The molecule has 0 saturated carbocycles. The van der Waals surface area contributed by atoms with Gasteiger partial charge in [-0.3, -0.25) is 14.8 Å². The van der Waals surface area contributed by atoms with E-state index in [0.717, 1.165) is 27.2 Å². The van der Waals surface area contributed by atoms with Crippen molar-refractivity contribution in [3.8, 4) is 0 Å². The van der Waals surface area contributed by atoms with E-state index in [1.165, 1.54) is 18.4 Å². The average molecular weight is 467 g/mol. The van der Waals surface area contributed by atoms with E-state index in [-0.39, 0.29) is 15.7 Å². The summed E-state index contributed by atoms with van der Waals surface area (Å²) >= 11 is 2.36. The van der Waals surface area contributed by atoms with Crippen LogP contribution in [0.15, 0.2) is 27.8 Å². The van der Waals surface area contributed by atoms with E-state index in [1.54, 1.807) is 23.6 Å². The molecular weight excluding hydrogens is 444 g/mol. The Balaban J connectivity index is 2.18. The molecule has 1 aromatic carbocycles. The molecule has 11 heteroatoms. The highest BCUT2D eigenvalue weighted by atomic mass is 32.2. The summed E-state index contributed by atoms with van der Waals surface area (Å²) in [6, 6.07) is 4.43. The highest BCUT2D eigenvalue weighted by Gasteiger charge is 2.24.